The summed E-state index contributed by atoms with van der Waals surface area (Å²) in [4.78, 5) is 27.0. The topological polar surface area (TPSA) is 104 Å². The summed E-state index contributed by atoms with van der Waals surface area (Å²) in [5.74, 6) is -0.319. The van der Waals surface area contributed by atoms with E-state index in [1.165, 1.54) is 6.20 Å². The number of hydrogen-bond donors (Lipinski definition) is 2. The van der Waals surface area contributed by atoms with E-state index in [0.717, 1.165) is 5.56 Å². The van der Waals surface area contributed by atoms with Crippen LogP contribution in [0, 0.1) is 0 Å². The lowest BCUT2D eigenvalue weighted by Crippen LogP contribution is -2.35. The van der Waals surface area contributed by atoms with Gasteiger partial charge in [0.05, 0.1) is 0 Å². The van der Waals surface area contributed by atoms with Crippen molar-refractivity contribution in [3.8, 4) is 0 Å². The second-order valence-electron chi connectivity index (χ2n) is 7.85. The lowest BCUT2D eigenvalue weighted by Gasteiger charge is -2.24. The Bertz CT molecular complexity index is 845. The van der Waals surface area contributed by atoms with Gasteiger partial charge in [-0.05, 0) is 28.0 Å². The highest BCUT2D eigenvalue weighted by Gasteiger charge is 2.35. The van der Waals surface area contributed by atoms with Gasteiger partial charge in [-0.25, -0.2) is 14.6 Å². The molecule has 2 rings (SSSR count). The van der Waals surface area contributed by atoms with E-state index in [9.17, 15) is 19.8 Å². The molecule has 8 heteroatoms. The summed E-state index contributed by atoms with van der Waals surface area (Å²) < 4.78 is 5.61. The summed E-state index contributed by atoms with van der Waals surface area (Å²) in [6.45, 7) is 11.8. The third-order valence-electron chi connectivity index (χ3n) is 3.81. The average molecular weight is 369 g/mol. The first-order valence-corrected chi connectivity index (χ1v) is 8.02. The van der Waals surface area contributed by atoms with E-state index in [2.05, 4.69) is 4.98 Å². The highest BCUT2D eigenvalue weighted by molar-refractivity contribution is 6.31. The largest absolute Gasteiger partial charge is 0.464 e. The summed E-state index contributed by atoms with van der Waals surface area (Å²) in [5, 5.41) is 19.2. The van der Waals surface area contributed by atoms with Gasteiger partial charge in [0, 0.05) is 17.1 Å². The van der Waals surface area contributed by atoms with Crippen molar-refractivity contribution in [3.63, 3.8) is 0 Å². The van der Waals surface area contributed by atoms with Crippen LogP contribution >= 0.6 is 11.6 Å². The Morgan fingerprint density at radius 1 is 1.08 bits per heavy atom. The van der Waals surface area contributed by atoms with Crippen molar-refractivity contribution in [2.75, 3.05) is 4.90 Å². The van der Waals surface area contributed by atoms with Gasteiger partial charge >= 0.3 is 12.2 Å². The molecular weight excluding hydrogens is 348 g/mol. The highest BCUT2D eigenvalue weighted by atomic mass is 35.5. The summed E-state index contributed by atoms with van der Waals surface area (Å²) in [6, 6.07) is 0. The SMILES string of the molecule is CC(C)(C)c1cnc(N(C(=O)O)C(=O)O)c2oc(Cl)c(C(C)(C)C)c12. The van der Waals surface area contributed by atoms with Gasteiger partial charge in [-0.2, -0.15) is 4.90 Å². The van der Waals surface area contributed by atoms with Crippen LogP contribution in [0.5, 0.6) is 0 Å². The van der Waals surface area contributed by atoms with Gasteiger partial charge in [-0.1, -0.05) is 41.5 Å². The molecule has 0 aliphatic heterocycles. The number of nitrogens with zero attached hydrogens (tertiary/aromatic N) is 2. The number of carbonyl (C=O) groups is 2. The second kappa shape index (κ2) is 5.91. The third-order valence-corrected chi connectivity index (χ3v) is 4.07. The van der Waals surface area contributed by atoms with E-state index in [4.69, 9.17) is 16.0 Å². The molecular formula is C17H21ClN2O5. The first kappa shape index (κ1) is 19.1. The van der Waals surface area contributed by atoms with Crippen LogP contribution in [0.15, 0.2) is 10.6 Å². The van der Waals surface area contributed by atoms with Crippen molar-refractivity contribution in [2.24, 2.45) is 0 Å². The second-order valence-corrected chi connectivity index (χ2v) is 8.19. The fraction of sp³-hybridized carbons (Fsp3) is 0.471. The van der Waals surface area contributed by atoms with Crippen LogP contribution in [0.4, 0.5) is 15.4 Å². The monoisotopic (exact) mass is 368 g/mol. The molecule has 0 aromatic carbocycles. The molecule has 0 atom stereocenters. The lowest BCUT2D eigenvalue weighted by atomic mass is 9.80. The number of fused-ring (bicyclic) bond motifs is 1. The Morgan fingerprint density at radius 3 is 2.00 bits per heavy atom. The number of aromatic nitrogens is 1. The fourth-order valence-electron chi connectivity index (χ4n) is 2.73. The van der Waals surface area contributed by atoms with Gasteiger partial charge in [0.15, 0.2) is 16.6 Å². The normalized spacial score (nSPS) is 12.4. The molecule has 0 spiro atoms. The summed E-state index contributed by atoms with van der Waals surface area (Å²) in [6.07, 6.45) is -1.86. The Kier molecular flexibility index (Phi) is 4.50. The van der Waals surface area contributed by atoms with Gasteiger partial charge in [0.2, 0.25) is 0 Å². The average Bonchev–Trinajstić information content (AvgIpc) is 2.73. The molecule has 0 aliphatic carbocycles. The standard InChI is InChI=1S/C17H21ClN2O5/c1-16(2,3)8-7-19-13(20(14(21)22)15(23)24)11-9(8)10(12(18)25-11)17(4,5)6/h7H,1-6H3,(H,21,22)(H,23,24). The molecule has 0 bridgehead atoms. The van der Waals surface area contributed by atoms with Crippen molar-refractivity contribution in [1.29, 1.82) is 0 Å². The molecule has 0 fully saturated rings. The highest BCUT2D eigenvalue weighted by Crippen LogP contribution is 2.45. The molecule has 0 radical (unpaired) electrons. The molecule has 0 unspecified atom stereocenters. The molecule has 0 saturated heterocycles. The van der Waals surface area contributed by atoms with Crippen molar-refractivity contribution in [1.82, 2.24) is 4.98 Å². The fourth-order valence-corrected chi connectivity index (χ4v) is 3.18. The van der Waals surface area contributed by atoms with Crippen LogP contribution in [-0.2, 0) is 10.8 Å². The van der Waals surface area contributed by atoms with E-state index in [-0.39, 0.29) is 26.9 Å². The van der Waals surface area contributed by atoms with Gasteiger partial charge in [-0.3, -0.25) is 0 Å². The number of hydrogen-bond acceptors (Lipinski definition) is 4. The van der Waals surface area contributed by atoms with E-state index in [0.29, 0.717) is 10.9 Å². The first-order valence-electron chi connectivity index (χ1n) is 7.64. The van der Waals surface area contributed by atoms with Crippen LogP contribution in [-0.4, -0.2) is 27.4 Å². The van der Waals surface area contributed by atoms with E-state index in [1.807, 2.05) is 41.5 Å². The summed E-state index contributed by atoms with van der Waals surface area (Å²) in [5.41, 5.74) is 0.787. The molecule has 2 amide bonds. The zero-order valence-electron chi connectivity index (χ0n) is 15.0. The minimum atomic E-state index is -1.67. The predicted molar refractivity (Wildman–Crippen MR) is 94.9 cm³/mol. The summed E-state index contributed by atoms with van der Waals surface area (Å²) >= 11 is 6.30. The smallest absolute Gasteiger partial charge is 0.422 e. The predicted octanol–water partition coefficient (Wildman–Crippen LogP) is 5.24. The van der Waals surface area contributed by atoms with Crippen LogP contribution < -0.4 is 4.90 Å². The molecule has 2 aromatic heterocycles. The molecule has 0 saturated carbocycles. The molecule has 0 aliphatic rings. The number of rotatable bonds is 1. The minimum absolute atomic E-state index is 0.0483. The van der Waals surface area contributed by atoms with Crippen molar-refractivity contribution in [3.05, 3.63) is 22.5 Å². The van der Waals surface area contributed by atoms with Crippen molar-refractivity contribution in [2.45, 2.75) is 52.4 Å². The molecule has 2 heterocycles. The number of pyridine rings is 1. The first-order chi connectivity index (χ1) is 11.3. The number of amides is 2. The maximum atomic E-state index is 11.4. The van der Waals surface area contributed by atoms with E-state index < -0.39 is 17.6 Å². The number of furan rings is 1. The van der Waals surface area contributed by atoms with Gasteiger partial charge < -0.3 is 14.6 Å². The van der Waals surface area contributed by atoms with Gasteiger partial charge in [0.1, 0.15) is 0 Å². The number of imide groups is 1. The van der Waals surface area contributed by atoms with Crippen molar-refractivity contribution >= 4 is 40.6 Å². The summed E-state index contributed by atoms with van der Waals surface area (Å²) in [7, 11) is 0. The van der Waals surface area contributed by atoms with Crippen molar-refractivity contribution < 1.29 is 24.2 Å². The minimum Gasteiger partial charge on any atom is -0.464 e. The number of anilines is 1. The van der Waals surface area contributed by atoms with Gasteiger partial charge in [0.25, 0.3) is 0 Å². The van der Waals surface area contributed by atoms with Crippen LogP contribution in [0.2, 0.25) is 5.22 Å². The Balaban J connectivity index is 3.01. The molecule has 2 N–H and O–H groups in total. The number of carboxylic acid groups (broad SMARTS) is 2. The molecule has 7 nitrogen and oxygen atoms in total. The molecule has 25 heavy (non-hydrogen) atoms. The Hall–Kier alpha value is -2.28. The maximum Gasteiger partial charge on any atom is 0.422 e. The van der Waals surface area contributed by atoms with Crippen LogP contribution in [0.1, 0.15) is 52.7 Å². The zero-order valence-corrected chi connectivity index (χ0v) is 15.7. The van der Waals surface area contributed by atoms with Crippen LogP contribution in [0.3, 0.4) is 0 Å². The molecule has 2 aromatic rings. The zero-order chi connectivity index (χ0) is 19.3. The van der Waals surface area contributed by atoms with Crippen LogP contribution in [0.25, 0.3) is 11.0 Å². The van der Waals surface area contributed by atoms with E-state index >= 15 is 0 Å². The third kappa shape index (κ3) is 3.28. The lowest BCUT2D eigenvalue weighted by molar-refractivity contribution is 0.184. The Morgan fingerprint density at radius 2 is 1.60 bits per heavy atom. The van der Waals surface area contributed by atoms with Gasteiger partial charge in [-0.15, -0.1) is 0 Å². The maximum absolute atomic E-state index is 11.4. The number of halogens is 1. The quantitative estimate of drug-likeness (QED) is 0.713. The van der Waals surface area contributed by atoms with E-state index in [1.54, 1.807) is 0 Å². The Labute approximate surface area is 150 Å². The molecule has 136 valence electrons.